The lowest BCUT2D eigenvalue weighted by molar-refractivity contribution is 0.0985. The number of halogens is 2. The van der Waals surface area contributed by atoms with Crippen molar-refractivity contribution in [3.63, 3.8) is 0 Å². The fourth-order valence-corrected chi connectivity index (χ4v) is 3.81. The largest absolute Gasteiger partial charge is 0.308 e. The lowest BCUT2D eigenvalue weighted by Crippen LogP contribution is -2.36. The van der Waals surface area contributed by atoms with Gasteiger partial charge in [-0.15, -0.1) is 12.4 Å². The number of hydrogen-bond donors (Lipinski definition) is 0. The minimum atomic E-state index is -0.0824. The number of anilines is 1. The van der Waals surface area contributed by atoms with Crippen LogP contribution in [0.5, 0.6) is 0 Å². The van der Waals surface area contributed by atoms with Crippen LogP contribution in [0.15, 0.2) is 42.5 Å². The van der Waals surface area contributed by atoms with Gasteiger partial charge in [-0.2, -0.15) is 0 Å². The van der Waals surface area contributed by atoms with Gasteiger partial charge in [0, 0.05) is 23.7 Å². The molecule has 0 unspecified atom stereocenters. The molecule has 1 aromatic heterocycles. The molecule has 0 aliphatic heterocycles. The Bertz CT molecular complexity index is 911. The van der Waals surface area contributed by atoms with Crippen molar-refractivity contribution in [3.8, 4) is 0 Å². The van der Waals surface area contributed by atoms with Crippen LogP contribution >= 0.6 is 35.3 Å². The van der Waals surface area contributed by atoms with Crippen LogP contribution in [0.25, 0.3) is 10.2 Å². The standard InChI is InChI=1S/C19H20ClN3OS.ClH/c1-13-6-4-9-16-17(13)21-19(25-16)23(11-10-22(2)3)18(24)14-7-5-8-15(20)12-14;/h4-9,12H,10-11H2,1-3H3;1H. The van der Waals surface area contributed by atoms with Gasteiger partial charge in [-0.3, -0.25) is 9.69 Å². The number of rotatable bonds is 5. The van der Waals surface area contributed by atoms with E-state index in [-0.39, 0.29) is 18.3 Å². The Kier molecular flexibility index (Phi) is 7.01. The highest BCUT2D eigenvalue weighted by atomic mass is 35.5. The number of benzene rings is 2. The number of carbonyl (C=O) groups excluding carboxylic acids is 1. The second-order valence-corrected chi connectivity index (χ2v) is 7.63. The zero-order valence-corrected chi connectivity index (χ0v) is 17.3. The first-order valence-electron chi connectivity index (χ1n) is 8.04. The van der Waals surface area contributed by atoms with Crippen molar-refractivity contribution in [2.75, 3.05) is 32.1 Å². The summed E-state index contributed by atoms with van der Waals surface area (Å²) in [6, 6.07) is 13.1. The van der Waals surface area contributed by atoms with Crippen LogP contribution in [0, 0.1) is 6.92 Å². The Balaban J connectivity index is 0.00000243. The lowest BCUT2D eigenvalue weighted by atomic mass is 10.2. The number of carbonyl (C=O) groups is 1. The maximum atomic E-state index is 13.1. The van der Waals surface area contributed by atoms with Crippen molar-refractivity contribution in [2.45, 2.75) is 6.92 Å². The molecule has 26 heavy (non-hydrogen) atoms. The summed E-state index contributed by atoms with van der Waals surface area (Å²) < 4.78 is 1.09. The predicted molar refractivity (Wildman–Crippen MR) is 113 cm³/mol. The van der Waals surface area contributed by atoms with Crippen LogP contribution in [0.2, 0.25) is 5.02 Å². The molecule has 0 fully saturated rings. The minimum absolute atomic E-state index is 0. The number of amides is 1. The predicted octanol–water partition coefficient (Wildman–Crippen LogP) is 4.89. The van der Waals surface area contributed by atoms with Crippen LogP contribution in [0.4, 0.5) is 5.13 Å². The van der Waals surface area contributed by atoms with E-state index in [9.17, 15) is 4.79 Å². The first kappa shape index (κ1) is 20.6. The number of para-hydroxylation sites is 1. The zero-order valence-electron chi connectivity index (χ0n) is 14.9. The first-order chi connectivity index (χ1) is 12.0. The summed E-state index contributed by atoms with van der Waals surface area (Å²) in [7, 11) is 3.98. The maximum absolute atomic E-state index is 13.1. The van der Waals surface area contributed by atoms with Crippen molar-refractivity contribution in [1.82, 2.24) is 9.88 Å². The minimum Gasteiger partial charge on any atom is -0.308 e. The van der Waals surface area contributed by atoms with E-state index in [1.807, 2.05) is 39.2 Å². The van der Waals surface area contributed by atoms with E-state index in [4.69, 9.17) is 16.6 Å². The van der Waals surface area contributed by atoms with E-state index in [1.165, 1.54) is 0 Å². The van der Waals surface area contributed by atoms with Crippen LogP contribution < -0.4 is 4.90 Å². The Hall–Kier alpha value is -1.66. The second kappa shape index (κ2) is 8.82. The van der Waals surface area contributed by atoms with Crippen molar-refractivity contribution in [2.24, 2.45) is 0 Å². The van der Waals surface area contributed by atoms with Gasteiger partial charge in [0.25, 0.3) is 5.91 Å². The molecule has 138 valence electrons. The van der Waals surface area contributed by atoms with E-state index in [0.29, 0.717) is 17.1 Å². The molecule has 0 N–H and O–H groups in total. The molecule has 2 aromatic carbocycles. The molecule has 4 nitrogen and oxygen atoms in total. The molecule has 0 atom stereocenters. The van der Waals surface area contributed by atoms with Crippen molar-refractivity contribution in [1.29, 1.82) is 0 Å². The van der Waals surface area contributed by atoms with Crippen molar-refractivity contribution < 1.29 is 4.79 Å². The average molecular weight is 410 g/mol. The molecule has 3 rings (SSSR count). The second-order valence-electron chi connectivity index (χ2n) is 6.19. The summed E-state index contributed by atoms with van der Waals surface area (Å²) in [5.74, 6) is -0.0824. The molecule has 0 aliphatic carbocycles. The number of aryl methyl sites for hydroxylation is 1. The molecule has 7 heteroatoms. The number of fused-ring (bicyclic) bond motifs is 1. The van der Waals surface area contributed by atoms with Gasteiger partial charge in [0.1, 0.15) is 0 Å². The van der Waals surface area contributed by atoms with E-state index >= 15 is 0 Å². The molecule has 0 saturated heterocycles. The van der Waals surface area contributed by atoms with Crippen LogP contribution in [0.3, 0.4) is 0 Å². The molecular weight excluding hydrogens is 389 g/mol. The summed E-state index contributed by atoms with van der Waals surface area (Å²) in [5, 5.41) is 1.27. The topological polar surface area (TPSA) is 36.4 Å². The van der Waals surface area contributed by atoms with Crippen molar-refractivity contribution in [3.05, 3.63) is 58.6 Å². The Morgan fingerprint density at radius 1 is 1.15 bits per heavy atom. The summed E-state index contributed by atoms with van der Waals surface area (Å²) in [5.41, 5.74) is 2.64. The van der Waals surface area contributed by atoms with E-state index < -0.39 is 0 Å². The summed E-state index contributed by atoms with van der Waals surface area (Å²) in [4.78, 5) is 21.6. The van der Waals surface area contributed by atoms with Gasteiger partial charge in [-0.25, -0.2) is 4.98 Å². The Morgan fingerprint density at radius 2 is 1.88 bits per heavy atom. The third-order valence-corrected chi connectivity index (χ3v) is 5.21. The van der Waals surface area contributed by atoms with Gasteiger partial charge >= 0.3 is 0 Å². The van der Waals surface area contributed by atoms with E-state index in [2.05, 4.69) is 4.90 Å². The fourth-order valence-electron chi connectivity index (χ4n) is 2.55. The van der Waals surface area contributed by atoms with Crippen LogP contribution in [-0.4, -0.2) is 43.0 Å². The third kappa shape index (κ3) is 4.54. The van der Waals surface area contributed by atoms with E-state index in [0.717, 1.165) is 27.5 Å². The summed E-state index contributed by atoms with van der Waals surface area (Å²) in [6.45, 7) is 3.35. The Morgan fingerprint density at radius 3 is 2.54 bits per heavy atom. The highest BCUT2D eigenvalue weighted by Crippen LogP contribution is 2.31. The van der Waals surface area contributed by atoms with Gasteiger partial charge < -0.3 is 4.90 Å². The van der Waals surface area contributed by atoms with Gasteiger partial charge in [0.05, 0.1) is 10.2 Å². The van der Waals surface area contributed by atoms with Crippen molar-refractivity contribution >= 4 is 56.6 Å². The molecule has 1 heterocycles. The molecule has 0 bridgehead atoms. The average Bonchev–Trinajstić information content (AvgIpc) is 3.00. The number of thiazole rings is 1. The molecule has 0 radical (unpaired) electrons. The highest BCUT2D eigenvalue weighted by molar-refractivity contribution is 7.22. The maximum Gasteiger partial charge on any atom is 0.260 e. The third-order valence-electron chi connectivity index (χ3n) is 3.93. The summed E-state index contributed by atoms with van der Waals surface area (Å²) in [6.07, 6.45) is 0. The van der Waals surface area contributed by atoms with Gasteiger partial charge in [-0.1, -0.05) is 41.1 Å². The number of nitrogens with zero attached hydrogens (tertiary/aromatic N) is 3. The molecule has 0 spiro atoms. The van der Waals surface area contributed by atoms with Crippen LogP contribution in [0.1, 0.15) is 15.9 Å². The molecule has 1 amide bonds. The summed E-state index contributed by atoms with van der Waals surface area (Å²) >= 11 is 7.60. The molecule has 3 aromatic rings. The molecule has 0 saturated carbocycles. The molecular formula is C19H21Cl2N3OS. The fraction of sp³-hybridized carbons (Fsp3) is 0.263. The SMILES string of the molecule is Cc1cccc2sc(N(CCN(C)C)C(=O)c3cccc(Cl)c3)nc12.Cl. The van der Waals surface area contributed by atoms with E-state index in [1.54, 1.807) is 40.5 Å². The number of likely N-dealkylation sites (N-methyl/N-ethyl adjacent to an activating group) is 1. The Labute approximate surface area is 168 Å². The smallest absolute Gasteiger partial charge is 0.260 e. The van der Waals surface area contributed by atoms with Gasteiger partial charge in [0.15, 0.2) is 5.13 Å². The highest BCUT2D eigenvalue weighted by Gasteiger charge is 2.22. The van der Waals surface area contributed by atoms with Crippen LogP contribution in [-0.2, 0) is 0 Å². The monoisotopic (exact) mass is 409 g/mol. The number of aromatic nitrogens is 1. The van der Waals surface area contributed by atoms with Gasteiger partial charge in [-0.05, 0) is 50.8 Å². The lowest BCUT2D eigenvalue weighted by Gasteiger charge is -2.22. The quantitative estimate of drug-likeness (QED) is 0.601. The van der Waals surface area contributed by atoms with Gasteiger partial charge in [0.2, 0.25) is 0 Å². The normalized spacial score (nSPS) is 10.8. The number of hydrogen-bond acceptors (Lipinski definition) is 4. The zero-order chi connectivity index (χ0) is 18.0. The molecule has 0 aliphatic rings. The first-order valence-corrected chi connectivity index (χ1v) is 9.23.